The van der Waals surface area contributed by atoms with Crippen molar-refractivity contribution in [2.75, 3.05) is 19.6 Å². The summed E-state index contributed by atoms with van der Waals surface area (Å²) in [5, 5.41) is 0. The van der Waals surface area contributed by atoms with E-state index in [1.807, 2.05) is 12.4 Å². The molecule has 2 fully saturated rings. The molecular formula is C21H33N3O. The minimum absolute atomic E-state index is 0.372. The number of carbonyl (C=O) groups excluding carboxylic acids is 1. The highest BCUT2D eigenvalue weighted by Crippen LogP contribution is 2.29. The van der Waals surface area contributed by atoms with Gasteiger partial charge in [0.2, 0.25) is 5.91 Å². The van der Waals surface area contributed by atoms with Gasteiger partial charge in [0, 0.05) is 51.0 Å². The van der Waals surface area contributed by atoms with Crippen LogP contribution in [0.3, 0.4) is 0 Å². The Labute approximate surface area is 152 Å². The number of carbonyl (C=O) groups is 1. The zero-order valence-electron chi connectivity index (χ0n) is 15.9. The Hall–Kier alpha value is -1.42. The molecule has 4 nitrogen and oxygen atoms in total. The van der Waals surface area contributed by atoms with Crippen molar-refractivity contribution in [1.29, 1.82) is 0 Å². The molecule has 1 saturated carbocycles. The van der Waals surface area contributed by atoms with Crippen molar-refractivity contribution in [3.8, 4) is 0 Å². The normalized spacial score (nSPS) is 19.0. The first-order valence-corrected chi connectivity index (χ1v) is 10.0. The fourth-order valence-electron chi connectivity index (χ4n) is 4.21. The minimum atomic E-state index is 0.372. The van der Waals surface area contributed by atoms with Gasteiger partial charge in [0.1, 0.15) is 0 Å². The summed E-state index contributed by atoms with van der Waals surface area (Å²) in [7, 11) is 0. The number of hydrogen-bond donors (Lipinski definition) is 0. The van der Waals surface area contributed by atoms with Gasteiger partial charge in [0.15, 0.2) is 0 Å². The molecule has 1 saturated heterocycles. The molecule has 138 valence electrons. The second-order valence-electron chi connectivity index (χ2n) is 8.32. The summed E-state index contributed by atoms with van der Waals surface area (Å²) >= 11 is 0. The third-order valence-corrected chi connectivity index (χ3v) is 5.71. The molecule has 3 rings (SSSR count). The molecule has 2 aliphatic rings. The first kappa shape index (κ1) is 18.4. The van der Waals surface area contributed by atoms with Crippen LogP contribution in [0.5, 0.6) is 0 Å². The fraction of sp³-hybridized carbons (Fsp3) is 0.714. The topological polar surface area (TPSA) is 36.4 Å². The average Bonchev–Trinajstić information content (AvgIpc) is 3.05. The van der Waals surface area contributed by atoms with Gasteiger partial charge in [0.05, 0.1) is 0 Å². The summed E-state index contributed by atoms with van der Waals surface area (Å²) in [6.07, 6.45) is 11.0. The maximum atomic E-state index is 12.4. The lowest BCUT2D eigenvalue weighted by Gasteiger charge is -2.46. The molecule has 0 radical (unpaired) electrons. The minimum Gasteiger partial charge on any atom is -0.339 e. The standard InChI is InChI=1S/C21H33N3O/c1-17(2)13-23(14-19-9-11-22-12-10-19)20-15-24(16-20)21(25)8-7-18-5-3-4-6-18/h9-12,17-18,20H,3-8,13-16H2,1-2H3. The van der Waals surface area contributed by atoms with E-state index in [4.69, 9.17) is 0 Å². The third kappa shape index (κ3) is 5.27. The molecule has 2 heterocycles. The van der Waals surface area contributed by atoms with Crippen molar-refractivity contribution < 1.29 is 4.79 Å². The summed E-state index contributed by atoms with van der Waals surface area (Å²) in [6.45, 7) is 8.38. The van der Waals surface area contributed by atoms with Gasteiger partial charge >= 0.3 is 0 Å². The summed E-state index contributed by atoms with van der Waals surface area (Å²) in [5.74, 6) is 1.82. The van der Waals surface area contributed by atoms with Gasteiger partial charge < -0.3 is 4.90 Å². The molecule has 1 aromatic rings. The number of nitrogens with zero attached hydrogens (tertiary/aromatic N) is 3. The van der Waals surface area contributed by atoms with Crippen molar-refractivity contribution in [1.82, 2.24) is 14.8 Å². The Bertz CT molecular complexity index is 533. The molecule has 4 heteroatoms. The summed E-state index contributed by atoms with van der Waals surface area (Å²) in [5.41, 5.74) is 1.31. The SMILES string of the molecule is CC(C)CN(Cc1ccncc1)C1CN(C(=O)CCC2CCCC2)C1. The van der Waals surface area contributed by atoms with Crippen molar-refractivity contribution in [2.45, 2.75) is 65.0 Å². The van der Waals surface area contributed by atoms with Crippen LogP contribution in [0.25, 0.3) is 0 Å². The number of rotatable bonds is 8. The molecule has 0 spiro atoms. The molecular weight excluding hydrogens is 310 g/mol. The van der Waals surface area contributed by atoms with Crippen LogP contribution in [0.4, 0.5) is 0 Å². The highest BCUT2D eigenvalue weighted by atomic mass is 16.2. The molecule has 1 aliphatic carbocycles. The van der Waals surface area contributed by atoms with Crippen LogP contribution < -0.4 is 0 Å². The Balaban J connectivity index is 1.46. The molecule has 0 unspecified atom stereocenters. The summed E-state index contributed by atoms with van der Waals surface area (Å²) in [6, 6.07) is 4.69. The van der Waals surface area contributed by atoms with E-state index in [1.165, 1.54) is 31.2 Å². The van der Waals surface area contributed by atoms with Gasteiger partial charge in [-0.05, 0) is 36.0 Å². The third-order valence-electron chi connectivity index (χ3n) is 5.71. The first-order chi connectivity index (χ1) is 12.1. The van der Waals surface area contributed by atoms with E-state index < -0.39 is 0 Å². The van der Waals surface area contributed by atoms with E-state index >= 15 is 0 Å². The number of aromatic nitrogens is 1. The van der Waals surface area contributed by atoms with Crippen LogP contribution in [0.1, 0.15) is 57.9 Å². The monoisotopic (exact) mass is 343 g/mol. The van der Waals surface area contributed by atoms with E-state index in [-0.39, 0.29) is 0 Å². The molecule has 25 heavy (non-hydrogen) atoms. The Morgan fingerprint density at radius 3 is 2.56 bits per heavy atom. The number of amides is 1. The van der Waals surface area contributed by atoms with Crippen LogP contribution in [-0.2, 0) is 11.3 Å². The van der Waals surface area contributed by atoms with Gasteiger partial charge in [-0.15, -0.1) is 0 Å². The molecule has 0 aromatic carbocycles. The van der Waals surface area contributed by atoms with Crippen LogP contribution in [-0.4, -0.2) is 46.4 Å². The van der Waals surface area contributed by atoms with Gasteiger partial charge in [-0.1, -0.05) is 39.5 Å². The van der Waals surface area contributed by atoms with Crippen LogP contribution in [0.2, 0.25) is 0 Å². The van der Waals surface area contributed by atoms with E-state index in [0.29, 0.717) is 17.9 Å². The maximum absolute atomic E-state index is 12.4. The molecule has 0 bridgehead atoms. The van der Waals surface area contributed by atoms with E-state index in [1.54, 1.807) is 0 Å². The smallest absolute Gasteiger partial charge is 0.222 e. The second-order valence-corrected chi connectivity index (χ2v) is 8.32. The lowest BCUT2D eigenvalue weighted by atomic mass is 9.99. The van der Waals surface area contributed by atoms with Gasteiger partial charge in [-0.25, -0.2) is 0 Å². The van der Waals surface area contributed by atoms with E-state index in [2.05, 4.69) is 40.8 Å². The quantitative estimate of drug-likeness (QED) is 0.722. The predicted molar refractivity (Wildman–Crippen MR) is 101 cm³/mol. The van der Waals surface area contributed by atoms with E-state index in [9.17, 15) is 4.79 Å². The lowest BCUT2D eigenvalue weighted by Crippen LogP contribution is -2.61. The molecule has 1 amide bonds. The number of likely N-dealkylation sites (tertiary alicyclic amines) is 1. The Morgan fingerprint density at radius 1 is 1.24 bits per heavy atom. The van der Waals surface area contributed by atoms with Crippen molar-refractivity contribution in [2.24, 2.45) is 11.8 Å². The zero-order chi connectivity index (χ0) is 17.6. The first-order valence-electron chi connectivity index (χ1n) is 10.0. The maximum Gasteiger partial charge on any atom is 0.222 e. The van der Waals surface area contributed by atoms with Crippen molar-refractivity contribution in [3.63, 3.8) is 0 Å². The van der Waals surface area contributed by atoms with Crippen molar-refractivity contribution >= 4 is 5.91 Å². The van der Waals surface area contributed by atoms with Crippen LogP contribution in [0.15, 0.2) is 24.5 Å². The van der Waals surface area contributed by atoms with Gasteiger partial charge in [-0.2, -0.15) is 0 Å². The number of hydrogen-bond acceptors (Lipinski definition) is 3. The highest BCUT2D eigenvalue weighted by molar-refractivity contribution is 5.77. The van der Waals surface area contributed by atoms with Gasteiger partial charge in [-0.3, -0.25) is 14.7 Å². The zero-order valence-corrected chi connectivity index (χ0v) is 15.9. The fourth-order valence-corrected chi connectivity index (χ4v) is 4.21. The van der Waals surface area contributed by atoms with Crippen molar-refractivity contribution in [3.05, 3.63) is 30.1 Å². The molecule has 1 aromatic heterocycles. The predicted octanol–water partition coefficient (Wildman–Crippen LogP) is 3.72. The Kier molecular flexibility index (Phi) is 6.46. The van der Waals surface area contributed by atoms with E-state index in [0.717, 1.165) is 44.9 Å². The number of pyridine rings is 1. The molecule has 0 N–H and O–H groups in total. The van der Waals surface area contributed by atoms with Crippen LogP contribution in [0, 0.1) is 11.8 Å². The highest BCUT2D eigenvalue weighted by Gasteiger charge is 2.34. The summed E-state index contributed by atoms with van der Waals surface area (Å²) in [4.78, 5) is 21.2. The average molecular weight is 344 g/mol. The second kappa shape index (κ2) is 8.79. The van der Waals surface area contributed by atoms with Gasteiger partial charge in [0.25, 0.3) is 0 Å². The summed E-state index contributed by atoms with van der Waals surface area (Å²) < 4.78 is 0. The largest absolute Gasteiger partial charge is 0.339 e. The lowest BCUT2D eigenvalue weighted by molar-refractivity contribution is -0.139. The Morgan fingerprint density at radius 2 is 1.92 bits per heavy atom. The molecule has 1 aliphatic heterocycles. The van der Waals surface area contributed by atoms with Crippen LogP contribution >= 0.6 is 0 Å². The molecule has 0 atom stereocenters.